The molecule has 1 aromatic rings. The van der Waals surface area contributed by atoms with E-state index in [2.05, 4.69) is 37.7 Å². The zero-order chi connectivity index (χ0) is 10.8. The van der Waals surface area contributed by atoms with E-state index in [4.69, 9.17) is 11.6 Å². The Morgan fingerprint density at radius 2 is 2.21 bits per heavy atom. The molecule has 0 aromatic carbocycles. The molecule has 0 N–H and O–H groups in total. The van der Waals surface area contributed by atoms with E-state index < -0.39 is 0 Å². The lowest BCUT2D eigenvalue weighted by molar-refractivity contribution is 0.470. The van der Waals surface area contributed by atoms with Gasteiger partial charge in [0.25, 0.3) is 0 Å². The maximum Gasteiger partial charge on any atom is 0.185 e. The molecule has 0 aliphatic heterocycles. The molecular weight excluding hydrogens is 216 g/mol. The number of aromatic nitrogens is 1. The molecule has 0 saturated heterocycles. The molecular formula is C10H17ClN2S. The first-order chi connectivity index (χ1) is 6.51. The van der Waals surface area contributed by atoms with Gasteiger partial charge < -0.3 is 4.90 Å². The van der Waals surface area contributed by atoms with E-state index >= 15 is 0 Å². The summed E-state index contributed by atoms with van der Waals surface area (Å²) in [6.45, 7) is 6.62. The molecule has 0 amide bonds. The first-order valence-electron chi connectivity index (χ1n) is 4.75. The van der Waals surface area contributed by atoms with E-state index in [1.165, 1.54) is 0 Å². The van der Waals surface area contributed by atoms with Crippen LogP contribution in [0.25, 0.3) is 0 Å². The van der Waals surface area contributed by atoms with Gasteiger partial charge in [-0.15, -0.1) is 22.9 Å². The van der Waals surface area contributed by atoms with Crippen LogP contribution in [0, 0.1) is 0 Å². The monoisotopic (exact) mass is 232 g/mol. The van der Waals surface area contributed by atoms with Crippen LogP contribution in [0.4, 0.5) is 5.13 Å². The van der Waals surface area contributed by atoms with Gasteiger partial charge in [-0.3, -0.25) is 0 Å². The molecule has 0 radical (unpaired) electrons. The number of alkyl halides is 1. The summed E-state index contributed by atoms with van der Waals surface area (Å²) in [5, 5.41) is 3.07. The summed E-state index contributed by atoms with van der Waals surface area (Å²) in [7, 11) is 2.08. The first kappa shape index (κ1) is 11.8. The number of thiazole rings is 1. The van der Waals surface area contributed by atoms with Crippen LogP contribution in [0.1, 0.15) is 32.9 Å². The Morgan fingerprint density at radius 3 is 2.64 bits per heavy atom. The molecule has 80 valence electrons. The van der Waals surface area contributed by atoms with Crippen LogP contribution in [-0.2, 0) is 5.88 Å². The molecule has 0 spiro atoms. The van der Waals surface area contributed by atoms with Gasteiger partial charge >= 0.3 is 0 Å². The summed E-state index contributed by atoms with van der Waals surface area (Å²) < 4.78 is 0. The van der Waals surface area contributed by atoms with Crippen molar-refractivity contribution in [3.05, 3.63) is 11.1 Å². The van der Waals surface area contributed by atoms with Gasteiger partial charge in [-0.05, 0) is 20.3 Å². The molecule has 0 aliphatic carbocycles. The van der Waals surface area contributed by atoms with E-state index in [0.717, 1.165) is 17.2 Å². The Bertz CT molecular complexity index is 296. The second kappa shape index (κ2) is 4.49. The standard InChI is InChI=1S/C10H17ClN2S/c1-5-10(2,3)13(4)9-12-8(6-11)7-14-9/h7H,5-6H2,1-4H3. The normalized spacial score (nSPS) is 11.8. The van der Waals surface area contributed by atoms with Crippen LogP contribution in [0.2, 0.25) is 0 Å². The molecule has 0 fully saturated rings. The molecule has 14 heavy (non-hydrogen) atoms. The molecule has 2 nitrogen and oxygen atoms in total. The molecule has 0 aliphatic rings. The highest BCUT2D eigenvalue weighted by atomic mass is 35.5. The first-order valence-corrected chi connectivity index (χ1v) is 6.17. The minimum absolute atomic E-state index is 0.154. The summed E-state index contributed by atoms with van der Waals surface area (Å²) in [6, 6.07) is 0. The SMILES string of the molecule is CCC(C)(C)N(C)c1nc(CCl)cs1. The molecule has 1 aromatic heterocycles. The number of anilines is 1. The van der Waals surface area contributed by atoms with Crippen molar-refractivity contribution in [1.29, 1.82) is 0 Å². The van der Waals surface area contributed by atoms with E-state index in [-0.39, 0.29) is 5.54 Å². The predicted octanol–water partition coefficient (Wildman–Crippen LogP) is 3.51. The van der Waals surface area contributed by atoms with Crippen LogP contribution in [0.15, 0.2) is 5.38 Å². The average Bonchev–Trinajstić information content (AvgIpc) is 2.64. The summed E-state index contributed by atoms with van der Waals surface area (Å²) in [4.78, 5) is 6.67. The minimum atomic E-state index is 0.154. The van der Waals surface area contributed by atoms with Gasteiger partial charge in [-0.25, -0.2) is 4.98 Å². The Hall–Kier alpha value is -0.280. The second-order valence-corrected chi connectivity index (χ2v) is 5.08. The van der Waals surface area contributed by atoms with Crippen LogP contribution in [0.5, 0.6) is 0 Å². The summed E-state index contributed by atoms with van der Waals surface area (Å²) in [6.07, 6.45) is 1.10. The minimum Gasteiger partial charge on any atom is -0.346 e. The Morgan fingerprint density at radius 1 is 1.57 bits per heavy atom. The molecule has 0 unspecified atom stereocenters. The highest BCUT2D eigenvalue weighted by Crippen LogP contribution is 2.28. The third-order valence-corrected chi connectivity index (χ3v) is 3.98. The number of hydrogen-bond acceptors (Lipinski definition) is 3. The maximum atomic E-state index is 5.72. The van der Waals surface area contributed by atoms with Crippen molar-refractivity contribution in [2.24, 2.45) is 0 Å². The van der Waals surface area contributed by atoms with E-state index in [1.807, 2.05) is 5.38 Å². The van der Waals surface area contributed by atoms with Crippen LogP contribution >= 0.6 is 22.9 Å². The van der Waals surface area contributed by atoms with Crippen molar-refractivity contribution in [1.82, 2.24) is 4.98 Å². The van der Waals surface area contributed by atoms with Crippen LogP contribution < -0.4 is 4.90 Å². The molecule has 0 bridgehead atoms. The van der Waals surface area contributed by atoms with Gasteiger partial charge in [0, 0.05) is 18.0 Å². The Balaban J connectivity index is 2.83. The van der Waals surface area contributed by atoms with Gasteiger partial charge in [0.15, 0.2) is 5.13 Å². The fraction of sp³-hybridized carbons (Fsp3) is 0.700. The van der Waals surface area contributed by atoms with Crippen molar-refractivity contribution in [2.75, 3.05) is 11.9 Å². The lowest BCUT2D eigenvalue weighted by atomic mass is 10.0. The number of nitrogens with zero attached hydrogens (tertiary/aromatic N) is 2. The number of halogens is 1. The Labute approximate surface area is 94.9 Å². The highest BCUT2D eigenvalue weighted by Gasteiger charge is 2.23. The van der Waals surface area contributed by atoms with Crippen molar-refractivity contribution in [3.63, 3.8) is 0 Å². The summed E-state index contributed by atoms with van der Waals surface area (Å²) in [5.74, 6) is 0.497. The smallest absolute Gasteiger partial charge is 0.185 e. The second-order valence-electron chi connectivity index (χ2n) is 3.98. The molecule has 1 rings (SSSR count). The zero-order valence-corrected chi connectivity index (χ0v) is 10.7. The largest absolute Gasteiger partial charge is 0.346 e. The van der Waals surface area contributed by atoms with Gasteiger partial charge in [-0.2, -0.15) is 0 Å². The summed E-state index contributed by atoms with van der Waals surface area (Å²) >= 11 is 7.37. The third kappa shape index (κ3) is 2.39. The highest BCUT2D eigenvalue weighted by molar-refractivity contribution is 7.13. The third-order valence-electron chi connectivity index (χ3n) is 2.74. The van der Waals surface area contributed by atoms with Crippen molar-refractivity contribution in [3.8, 4) is 0 Å². The fourth-order valence-corrected chi connectivity index (χ4v) is 2.19. The lowest BCUT2D eigenvalue weighted by Gasteiger charge is -2.34. The van der Waals surface area contributed by atoms with Crippen molar-refractivity contribution >= 4 is 28.1 Å². The quantitative estimate of drug-likeness (QED) is 0.739. The van der Waals surface area contributed by atoms with Crippen molar-refractivity contribution < 1.29 is 0 Å². The van der Waals surface area contributed by atoms with Gasteiger partial charge in [0.1, 0.15) is 0 Å². The van der Waals surface area contributed by atoms with Crippen LogP contribution in [-0.4, -0.2) is 17.6 Å². The van der Waals surface area contributed by atoms with E-state index in [9.17, 15) is 0 Å². The summed E-state index contributed by atoms with van der Waals surface area (Å²) in [5.41, 5.74) is 1.12. The maximum absolute atomic E-state index is 5.72. The van der Waals surface area contributed by atoms with Crippen LogP contribution in [0.3, 0.4) is 0 Å². The zero-order valence-electron chi connectivity index (χ0n) is 9.17. The van der Waals surface area contributed by atoms with Gasteiger partial charge in [-0.1, -0.05) is 6.92 Å². The van der Waals surface area contributed by atoms with Gasteiger partial charge in [0.2, 0.25) is 0 Å². The topological polar surface area (TPSA) is 16.1 Å². The Kier molecular flexibility index (Phi) is 3.78. The fourth-order valence-electron chi connectivity index (χ4n) is 1.01. The molecule has 4 heteroatoms. The van der Waals surface area contributed by atoms with E-state index in [1.54, 1.807) is 11.3 Å². The van der Waals surface area contributed by atoms with Crippen molar-refractivity contribution in [2.45, 2.75) is 38.6 Å². The molecule has 0 atom stereocenters. The van der Waals surface area contributed by atoms with Gasteiger partial charge in [0.05, 0.1) is 11.6 Å². The average molecular weight is 233 g/mol. The van der Waals surface area contributed by atoms with E-state index in [0.29, 0.717) is 5.88 Å². The molecule has 1 heterocycles. The molecule has 0 saturated carbocycles. The number of rotatable bonds is 4. The predicted molar refractivity (Wildman–Crippen MR) is 64.4 cm³/mol. The lowest BCUT2D eigenvalue weighted by Crippen LogP contribution is -2.40. The number of hydrogen-bond donors (Lipinski definition) is 0.